The molecule has 128 valence electrons. The number of hydrogen-bond acceptors (Lipinski definition) is 5. The van der Waals surface area contributed by atoms with Crippen molar-refractivity contribution in [2.24, 2.45) is 5.41 Å². The van der Waals surface area contributed by atoms with Crippen LogP contribution >= 0.6 is 22.7 Å². The van der Waals surface area contributed by atoms with E-state index in [1.54, 1.807) is 22.7 Å². The number of thiophene rings is 2. The largest absolute Gasteiger partial charge is 0.352 e. The molecular weight excluding hydrogens is 342 g/mol. The van der Waals surface area contributed by atoms with Gasteiger partial charge < -0.3 is 16.0 Å². The summed E-state index contributed by atoms with van der Waals surface area (Å²) in [6.45, 7) is 2.35. The van der Waals surface area contributed by atoms with E-state index in [1.807, 2.05) is 33.7 Å². The van der Waals surface area contributed by atoms with Crippen LogP contribution in [0.25, 0.3) is 0 Å². The molecule has 1 aliphatic rings. The van der Waals surface area contributed by atoms with Crippen molar-refractivity contribution < 1.29 is 9.59 Å². The molecule has 5 nitrogen and oxygen atoms in total. The second kappa shape index (κ2) is 7.92. The van der Waals surface area contributed by atoms with E-state index in [9.17, 15) is 9.59 Å². The van der Waals surface area contributed by atoms with Crippen molar-refractivity contribution in [2.45, 2.75) is 25.9 Å². The standard InChI is InChI=1S/C17H21N3O2S2/c21-15(19-8-13-1-5-23-10-13)7-17(3-4-18-12-17)16(22)20-9-14-2-6-24-11-14/h1-2,5-6,10-11,18H,3-4,7-9,12H2,(H,19,21)(H,20,22). The van der Waals surface area contributed by atoms with E-state index < -0.39 is 5.41 Å². The maximum atomic E-state index is 12.7. The first-order valence-electron chi connectivity index (χ1n) is 7.96. The van der Waals surface area contributed by atoms with E-state index in [0.29, 0.717) is 26.1 Å². The summed E-state index contributed by atoms with van der Waals surface area (Å²) in [6, 6.07) is 3.99. The van der Waals surface area contributed by atoms with Crippen LogP contribution in [0.1, 0.15) is 24.0 Å². The molecule has 7 heteroatoms. The average Bonchev–Trinajstić information content (AvgIpc) is 3.32. The minimum absolute atomic E-state index is 0.0376. The number of nitrogens with one attached hydrogen (secondary N) is 3. The quantitative estimate of drug-likeness (QED) is 0.706. The molecule has 1 fully saturated rings. The Kier molecular flexibility index (Phi) is 5.65. The monoisotopic (exact) mass is 363 g/mol. The summed E-state index contributed by atoms with van der Waals surface area (Å²) in [7, 11) is 0. The summed E-state index contributed by atoms with van der Waals surface area (Å²) in [5, 5.41) is 17.2. The Morgan fingerprint density at radius 3 is 2.29 bits per heavy atom. The first-order valence-corrected chi connectivity index (χ1v) is 9.84. The first kappa shape index (κ1) is 17.1. The Morgan fingerprint density at radius 1 is 1.08 bits per heavy atom. The predicted octanol–water partition coefficient (Wildman–Crippen LogP) is 2.11. The van der Waals surface area contributed by atoms with Gasteiger partial charge in [-0.15, -0.1) is 0 Å². The Bertz CT molecular complexity index is 662. The fourth-order valence-electron chi connectivity index (χ4n) is 2.90. The lowest BCUT2D eigenvalue weighted by Gasteiger charge is -2.26. The Balaban J connectivity index is 1.55. The zero-order valence-corrected chi connectivity index (χ0v) is 15.0. The molecule has 0 bridgehead atoms. The summed E-state index contributed by atoms with van der Waals surface area (Å²) in [5.74, 6) is -0.111. The highest BCUT2D eigenvalue weighted by molar-refractivity contribution is 7.08. The number of carbonyl (C=O) groups is 2. The maximum Gasteiger partial charge on any atom is 0.228 e. The Hall–Kier alpha value is -1.70. The van der Waals surface area contributed by atoms with Crippen LogP contribution < -0.4 is 16.0 Å². The Labute approximate surface area is 149 Å². The van der Waals surface area contributed by atoms with Crippen molar-refractivity contribution in [1.29, 1.82) is 0 Å². The maximum absolute atomic E-state index is 12.7. The van der Waals surface area contributed by atoms with Gasteiger partial charge >= 0.3 is 0 Å². The van der Waals surface area contributed by atoms with Crippen LogP contribution in [-0.4, -0.2) is 24.9 Å². The van der Waals surface area contributed by atoms with Gasteiger partial charge in [-0.3, -0.25) is 9.59 Å². The van der Waals surface area contributed by atoms with Gasteiger partial charge in [0, 0.05) is 26.1 Å². The highest BCUT2D eigenvalue weighted by Gasteiger charge is 2.42. The van der Waals surface area contributed by atoms with Crippen molar-refractivity contribution >= 4 is 34.5 Å². The fraction of sp³-hybridized carbons (Fsp3) is 0.412. The summed E-state index contributed by atoms with van der Waals surface area (Å²) in [4.78, 5) is 25.0. The average molecular weight is 364 g/mol. The molecule has 2 amide bonds. The lowest BCUT2D eigenvalue weighted by molar-refractivity contribution is -0.135. The fourth-order valence-corrected chi connectivity index (χ4v) is 4.23. The molecule has 3 heterocycles. The molecule has 1 unspecified atom stereocenters. The van der Waals surface area contributed by atoms with E-state index in [0.717, 1.165) is 17.7 Å². The third-order valence-electron chi connectivity index (χ3n) is 4.33. The van der Waals surface area contributed by atoms with Crippen molar-refractivity contribution in [3.63, 3.8) is 0 Å². The molecule has 1 aliphatic heterocycles. The number of amides is 2. The highest BCUT2D eigenvalue weighted by atomic mass is 32.1. The topological polar surface area (TPSA) is 70.2 Å². The van der Waals surface area contributed by atoms with Crippen LogP contribution in [-0.2, 0) is 22.7 Å². The van der Waals surface area contributed by atoms with Crippen LogP contribution in [0.4, 0.5) is 0 Å². The zero-order valence-electron chi connectivity index (χ0n) is 13.3. The van der Waals surface area contributed by atoms with E-state index in [-0.39, 0.29) is 18.2 Å². The minimum Gasteiger partial charge on any atom is -0.352 e. The summed E-state index contributed by atoms with van der Waals surface area (Å²) in [5.41, 5.74) is 1.54. The van der Waals surface area contributed by atoms with Crippen LogP contribution in [0.2, 0.25) is 0 Å². The smallest absolute Gasteiger partial charge is 0.228 e. The van der Waals surface area contributed by atoms with Crippen molar-refractivity contribution in [1.82, 2.24) is 16.0 Å². The van der Waals surface area contributed by atoms with E-state index in [4.69, 9.17) is 0 Å². The molecule has 0 spiro atoms. The lowest BCUT2D eigenvalue weighted by atomic mass is 9.82. The van der Waals surface area contributed by atoms with Gasteiger partial charge in [-0.2, -0.15) is 22.7 Å². The van der Waals surface area contributed by atoms with E-state index >= 15 is 0 Å². The summed E-state index contributed by atoms with van der Waals surface area (Å²) < 4.78 is 0. The SMILES string of the molecule is O=C(CC1(C(=O)NCc2ccsc2)CCNC1)NCc1ccsc1. The van der Waals surface area contributed by atoms with Gasteiger partial charge in [-0.05, 0) is 57.7 Å². The minimum atomic E-state index is -0.644. The molecule has 3 N–H and O–H groups in total. The molecule has 2 aromatic rings. The van der Waals surface area contributed by atoms with Crippen molar-refractivity contribution in [3.8, 4) is 0 Å². The van der Waals surface area contributed by atoms with Crippen molar-refractivity contribution in [3.05, 3.63) is 44.8 Å². The molecule has 2 aromatic heterocycles. The Morgan fingerprint density at radius 2 is 1.75 bits per heavy atom. The molecular formula is C17H21N3O2S2. The number of carbonyl (C=O) groups excluding carboxylic acids is 2. The number of hydrogen-bond donors (Lipinski definition) is 3. The molecule has 1 atom stereocenters. The highest BCUT2D eigenvalue weighted by Crippen LogP contribution is 2.30. The summed E-state index contributed by atoms with van der Waals surface area (Å²) >= 11 is 3.22. The van der Waals surface area contributed by atoms with Crippen LogP contribution in [0.3, 0.4) is 0 Å². The molecule has 3 rings (SSSR count). The molecule has 0 aromatic carbocycles. The van der Waals surface area contributed by atoms with Gasteiger partial charge in [-0.25, -0.2) is 0 Å². The third kappa shape index (κ3) is 4.23. The normalized spacial score (nSPS) is 20.0. The van der Waals surface area contributed by atoms with Gasteiger partial charge in [0.1, 0.15) is 0 Å². The number of rotatable bonds is 7. The lowest BCUT2D eigenvalue weighted by Crippen LogP contribution is -2.45. The molecule has 1 saturated heterocycles. The van der Waals surface area contributed by atoms with E-state index in [1.165, 1.54) is 0 Å². The third-order valence-corrected chi connectivity index (χ3v) is 5.79. The second-order valence-electron chi connectivity index (χ2n) is 6.11. The molecule has 0 aliphatic carbocycles. The first-order chi connectivity index (χ1) is 11.7. The zero-order chi connectivity index (χ0) is 16.8. The van der Waals surface area contributed by atoms with E-state index in [2.05, 4.69) is 16.0 Å². The van der Waals surface area contributed by atoms with Gasteiger partial charge in [0.15, 0.2) is 0 Å². The van der Waals surface area contributed by atoms with Crippen LogP contribution in [0.5, 0.6) is 0 Å². The van der Waals surface area contributed by atoms with Gasteiger partial charge in [0.2, 0.25) is 11.8 Å². The van der Waals surface area contributed by atoms with Gasteiger partial charge in [-0.1, -0.05) is 0 Å². The molecule has 0 radical (unpaired) electrons. The van der Waals surface area contributed by atoms with Gasteiger partial charge in [0.25, 0.3) is 0 Å². The molecule has 0 saturated carbocycles. The van der Waals surface area contributed by atoms with Crippen LogP contribution in [0, 0.1) is 5.41 Å². The van der Waals surface area contributed by atoms with Crippen LogP contribution in [0.15, 0.2) is 33.7 Å². The van der Waals surface area contributed by atoms with Gasteiger partial charge in [0.05, 0.1) is 5.41 Å². The summed E-state index contributed by atoms with van der Waals surface area (Å²) in [6.07, 6.45) is 0.911. The second-order valence-corrected chi connectivity index (χ2v) is 7.67. The molecule has 24 heavy (non-hydrogen) atoms. The predicted molar refractivity (Wildman–Crippen MR) is 96.9 cm³/mol. The van der Waals surface area contributed by atoms with Crippen molar-refractivity contribution in [2.75, 3.05) is 13.1 Å².